The van der Waals surface area contributed by atoms with Gasteiger partial charge in [0, 0.05) is 29.3 Å². The second-order valence-corrected chi connectivity index (χ2v) is 5.31. The average molecular weight is 253 g/mol. The van der Waals surface area contributed by atoms with Crippen LogP contribution in [0.1, 0.15) is 38.7 Å². The molecule has 0 aromatic heterocycles. The topological polar surface area (TPSA) is 29.3 Å². The van der Waals surface area contributed by atoms with Crippen LogP contribution in [0.5, 0.6) is 0 Å². The summed E-state index contributed by atoms with van der Waals surface area (Å²) in [5.41, 5.74) is 8.26. The van der Waals surface area contributed by atoms with Crippen molar-refractivity contribution in [2.45, 2.75) is 51.7 Å². The summed E-state index contributed by atoms with van der Waals surface area (Å²) in [5.74, 6) is 0. The SMILES string of the molecule is CCC1CCC(C)N1c1cc(Cl)ccc1CN. The number of anilines is 1. The van der Waals surface area contributed by atoms with Crippen LogP contribution in [0.15, 0.2) is 18.2 Å². The summed E-state index contributed by atoms with van der Waals surface area (Å²) in [7, 11) is 0. The molecular weight excluding hydrogens is 232 g/mol. The molecule has 0 aliphatic carbocycles. The van der Waals surface area contributed by atoms with Crippen molar-refractivity contribution in [1.29, 1.82) is 0 Å². The molecule has 1 heterocycles. The molecule has 0 radical (unpaired) electrons. The van der Waals surface area contributed by atoms with Crippen molar-refractivity contribution in [3.05, 3.63) is 28.8 Å². The first-order chi connectivity index (χ1) is 8.17. The molecule has 2 atom stereocenters. The summed E-state index contributed by atoms with van der Waals surface area (Å²) in [6, 6.07) is 7.26. The van der Waals surface area contributed by atoms with E-state index in [0.717, 1.165) is 5.02 Å². The van der Waals surface area contributed by atoms with Gasteiger partial charge in [0.15, 0.2) is 0 Å². The third-order valence-corrected chi connectivity index (χ3v) is 4.04. The van der Waals surface area contributed by atoms with Gasteiger partial charge in [-0.2, -0.15) is 0 Å². The van der Waals surface area contributed by atoms with Crippen LogP contribution >= 0.6 is 11.6 Å². The Bertz CT molecular complexity index is 392. The molecule has 0 spiro atoms. The molecule has 0 saturated carbocycles. The molecule has 1 aliphatic rings. The van der Waals surface area contributed by atoms with E-state index in [4.69, 9.17) is 17.3 Å². The zero-order valence-corrected chi connectivity index (χ0v) is 11.4. The molecule has 1 saturated heterocycles. The second kappa shape index (κ2) is 5.28. The van der Waals surface area contributed by atoms with Crippen molar-refractivity contribution in [2.24, 2.45) is 5.73 Å². The van der Waals surface area contributed by atoms with E-state index in [0.29, 0.717) is 18.6 Å². The van der Waals surface area contributed by atoms with Crippen LogP contribution in [-0.2, 0) is 6.54 Å². The number of nitrogens with zero attached hydrogens (tertiary/aromatic N) is 1. The Kier molecular flexibility index (Phi) is 3.95. The Labute approximate surface area is 109 Å². The predicted octanol–water partition coefficient (Wildman–Crippen LogP) is 3.57. The fraction of sp³-hybridized carbons (Fsp3) is 0.571. The van der Waals surface area contributed by atoms with Gasteiger partial charge < -0.3 is 10.6 Å². The maximum Gasteiger partial charge on any atom is 0.0431 e. The molecule has 2 unspecified atom stereocenters. The van der Waals surface area contributed by atoms with Gasteiger partial charge in [-0.25, -0.2) is 0 Å². The second-order valence-electron chi connectivity index (χ2n) is 4.87. The van der Waals surface area contributed by atoms with Crippen molar-refractivity contribution in [3.8, 4) is 0 Å². The zero-order chi connectivity index (χ0) is 12.4. The molecule has 2 rings (SSSR count). The summed E-state index contributed by atoms with van der Waals surface area (Å²) < 4.78 is 0. The number of rotatable bonds is 3. The van der Waals surface area contributed by atoms with Crippen molar-refractivity contribution < 1.29 is 0 Å². The molecule has 94 valence electrons. The molecule has 1 aromatic rings. The van der Waals surface area contributed by atoms with E-state index < -0.39 is 0 Å². The molecule has 0 amide bonds. The largest absolute Gasteiger partial charge is 0.366 e. The molecule has 3 heteroatoms. The normalized spacial score (nSPS) is 24.4. The Hall–Kier alpha value is -0.730. The molecule has 1 aliphatic heterocycles. The summed E-state index contributed by atoms with van der Waals surface area (Å²) in [5, 5.41) is 0.797. The average Bonchev–Trinajstić information content (AvgIpc) is 2.70. The van der Waals surface area contributed by atoms with Crippen LogP contribution in [0.2, 0.25) is 5.02 Å². The molecule has 2 N–H and O–H groups in total. The lowest BCUT2D eigenvalue weighted by Gasteiger charge is -2.32. The van der Waals surface area contributed by atoms with E-state index in [1.54, 1.807) is 0 Å². The van der Waals surface area contributed by atoms with E-state index in [1.807, 2.05) is 6.07 Å². The summed E-state index contributed by atoms with van der Waals surface area (Å²) in [6.07, 6.45) is 3.71. The van der Waals surface area contributed by atoms with Gasteiger partial charge in [0.25, 0.3) is 0 Å². The smallest absolute Gasteiger partial charge is 0.0431 e. The van der Waals surface area contributed by atoms with Crippen LogP contribution < -0.4 is 10.6 Å². The third-order valence-electron chi connectivity index (χ3n) is 3.80. The number of hydrogen-bond acceptors (Lipinski definition) is 2. The maximum absolute atomic E-state index is 6.12. The van der Waals surface area contributed by atoms with Gasteiger partial charge in [-0.05, 0) is 43.9 Å². The fourth-order valence-corrected chi connectivity index (χ4v) is 3.02. The van der Waals surface area contributed by atoms with Gasteiger partial charge in [-0.15, -0.1) is 0 Å². The Morgan fingerprint density at radius 2 is 2.18 bits per heavy atom. The van der Waals surface area contributed by atoms with E-state index in [2.05, 4.69) is 30.9 Å². The highest BCUT2D eigenvalue weighted by Crippen LogP contribution is 2.35. The fourth-order valence-electron chi connectivity index (χ4n) is 2.86. The third kappa shape index (κ3) is 2.43. The Morgan fingerprint density at radius 1 is 1.41 bits per heavy atom. The number of hydrogen-bond donors (Lipinski definition) is 1. The van der Waals surface area contributed by atoms with Crippen LogP contribution in [0.25, 0.3) is 0 Å². The van der Waals surface area contributed by atoms with Gasteiger partial charge >= 0.3 is 0 Å². The van der Waals surface area contributed by atoms with Crippen molar-refractivity contribution in [1.82, 2.24) is 0 Å². The van der Waals surface area contributed by atoms with Crippen LogP contribution in [0.4, 0.5) is 5.69 Å². The predicted molar refractivity (Wildman–Crippen MR) is 74.6 cm³/mol. The Morgan fingerprint density at radius 3 is 2.82 bits per heavy atom. The highest BCUT2D eigenvalue weighted by atomic mass is 35.5. The first-order valence-electron chi connectivity index (χ1n) is 6.44. The summed E-state index contributed by atoms with van der Waals surface area (Å²) in [6.45, 7) is 5.12. The van der Waals surface area contributed by atoms with Crippen molar-refractivity contribution in [3.63, 3.8) is 0 Å². The highest BCUT2D eigenvalue weighted by molar-refractivity contribution is 6.30. The minimum atomic E-state index is 0.576. The lowest BCUT2D eigenvalue weighted by molar-refractivity contribution is 0.625. The van der Waals surface area contributed by atoms with Crippen molar-refractivity contribution in [2.75, 3.05) is 4.90 Å². The summed E-state index contributed by atoms with van der Waals surface area (Å²) in [4.78, 5) is 2.51. The molecule has 1 fully saturated rings. The standard InChI is InChI=1S/C14H21ClN2/c1-3-13-7-4-10(2)17(13)14-8-12(15)6-5-11(14)9-16/h5-6,8,10,13H,3-4,7,9,16H2,1-2H3. The van der Waals surface area contributed by atoms with Crippen molar-refractivity contribution >= 4 is 17.3 Å². The zero-order valence-electron chi connectivity index (χ0n) is 10.6. The van der Waals surface area contributed by atoms with Gasteiger partial charge in [0.1, 0.15) is 0 Å². The van der Waals surface area contributed by atoms with Gasteiger partial charge in [-0.1, -0.05) is 24.6 Å². The monoisotopic (exact) mass is 252 g/mol. The highest BCUT2D eigenvalue weighted by Gasteiger charge is 2.30. The van der Waals surface area contributed by atoms with Gasteiger partial charge in [0.2, 0.25) is 0 Å². The molecular formula is C14H21ClN2. The van der Waals surface area contributed by atoms with Crippen LogP contribution in [0, 0.1) is 0 Å². The quantitative estimate of drug-likeness (QED) is 0.891. The molecule has 1 aromatic carbocycles. The van der Waals surface area contributed by atoms with Crippen LogP contribution in [-0.4, -0.2) is 12.1 Å². The first kappa shape index (κ1) is 12.7. The maximum atomic E-state index is 6.12. The lowest BCUT2D eigenvalue weighted by Crippen LogP contribution is -2.35. The van der Waals surface area contributed by atoms with Crippen LogP contribution in [0.3, 0.4) is 0 Å². The Balaban J connectivity index is 2.40. The van der Waals surface area contributed by atoms with Gasteiger partial charge in [0.05, 0.1) is 0 Å². The van der Waals surface area contributed by atoms with E-state index in [9.17, 15) is 0 Å². The molecule has 2 nitrogen and oxygen atoms in total. The minimum Gasteiger partial charge on any atom is -0.366 e. The summed E-state index contributed by atoms with van der Waals surface area (Å²) >= 11 is 6.12. The number of halogens is 1. The van der Waals surface area contributed by atoms with E-state index in [1.165, 1.54) is 30.5 Å². The van der Waals surface area contributed by atoms with E-state index in [-0.39, 0.29) is 0 Å². The number of benzene rings is 1. The first-order valence-corrected chi connectivity index (χ1v) is 6.82. The van der Waals surface area contributed by atoms with E-state index >= 15 is 0 Å². The molecule has 17 heavy (non-hydrogen) atoms. The number of nitrogens with two attached hydrogens (primary N) is 1. The minimum absolute atomic E-state index is 0.576. The lowest BCUT2D eigenvalue weighted by atomic mass is 10.1. The van der Waals surface area contributed by atoms with Gasteiger partial charge in [-0.3, -0.25) is 0 Å². The molecule has 0 bridgehead atoms.